The van der Waals surface area contributed by atoms with Gasteiger partial charge in [-0.3, -0.25) is 9.59 Å². The lowest BCUT2D eigenvalue weighted by atomic mass is 10.0. The maximum absolute atomic E-state index is 13.2. The Bertz CT molecular complexity index is 1080. The molecule has 35 heavy (non-hydrogen) atoms. The van der Waals surface area contributed by atoms with Crippen molar-refractivity contribution in [3.8, 4) is 11.5 Å². The van der Waals surface area contributed by atoms with Crippen LogP contribution in [0.1, 0.15) is 35.2 Å². The van der Waals surface area contributed by atoms with Gasteiger partial charge in [0.2, 0.25) is 5.91 Å². The zero-order chi connectivity index (χ0) is 24.3. The van der Waals surface area contributed by atoms with Crippen LogP contribution < -0.4 is 14.8 Å². The van der Waals surface area contributed by atoms with Crippen molar-refractivity contribution in [3.63, 3.8) is 0 Å². The van der Waals surface area contributed by atoms with Crippen LogP contribution in [0.4, 0.5) is 0 Å². The number of carbonyl (C=O) groups is 2. The van der Waals surface area contributed by atoms with Crippen LogP contribution in [0.2, 0.25) is 0 Å². The van der Waals surface area contributed by atoms with Crippen molar-refractivity contribution in [2.75, 3.05) is 26.3 Å². The van der Waals surface area contributed by atoms with Gasteiger partial charge in [-0.25, -0.2) is 0 Å². The second-order valence-corrected chi connectivity index (χ2v) is 8.63. The number of likely N-dealkylation sites (tertiary alicyclic amines) is 1. The Morgan fingerprint density at radius 2 is 1.43 bits per heavy atom. The average molecular weight is 473 g/mol. The van der Waals surface area contributed by atoms with Gasteiger partial charge in [0.25, 0.3) is 5.91 Å². The van der Waals surface area contributed by atoms with E-state index in [1.165, 1.54) is 0 Å². The van der Waals surface area contributed by atoms with Gasteiger partial charge in [-0.15, -0.1) is 0 Å². The van der Waals surface area contributed by atoms with Gasteiger partial charge < -0.3 is 19.7 Å². The molecule has 0 aromatic heterocycles. The molecular weight excluding hydrogens is 440 g/mol. The summed E-state index contributed by atoms with van der Waals surface area (Å²) in [5, 5.41) is 3.13. The summed E-state index contributed by atoms with van der Waals surface area (Å²) in [5.41, 5.74) is 1.72. The molecule has 3 aromatic carbocycles. The Morgan fingerprint density at radius 1 is 0.800 bits per heavy atom. The zero-order valence-corrected chi connectivity index (χ0v) is 19.9. The summed E-state index contributed by atoms with van der Waals surface area (Å²) in [7, 11) is 0. The first-order chi connectivity index (χ1) is 17.2. The minimum Gasteiger partial charge on any atom is -0.490 e. The van der Waals surface area contributed by atoms with Gasteiger partial charge in [-0.2, -0.15) is 0 Å². The molecule has 4 rings (SSSR count). The molecule has 0 bridgehead atoms. The van der Waals surface area contributed by atoms with Gasteiger partial charge in [0.15, 0.2) is 0 Å². The van der Waals surface area contributed by atoms with Crippen molar-refractivity contribution in [2.45, 2.75) is 31.7 Å². The summed E-state index contributed by atoms with van der Waals surface area (Å²) < 4.78 is 11.6. The highest BCUT2D eigenvalue weighted by Crippen LogP contribution is 2.22. The molecule has 0 aliphatic carbocycles. The largest absolute Gasteiger partial charge is 0.490 e. The molecule has 6 nitrogen and oxygen atoms in total. The predicted molar refractivity (Wildman–Crippen MR) is 136 cm³/mol. The van der Waals surface area contributed by atoms with E-state index in [0.29, 0.717) is 44.0 Å². The number of rotatable bonds is 10. The van der Waals surface area contributed by atoms with Crippen molar-refractivity contribution in [1.82, 2.24) is 10.2 Å². The normalized spacial score (nSPS) is 13.8. The molecule has 1 aliphatic rings. The fourth-order valence-corrected chi connectivity index (χ4v) is 4.20. The summed E-state index contributed by atoms with van der Waals surface area (Å²) >= 11 is 0. The molecule has 1 fully saturated rings. The zero-order valence-electron chi connectivity index (χ0n) is 19.9. The van der Waals surface area contributed by atoms with E-state index in [0.717, 1.165) is 30.6 Å². The van der Waals surface area contributed by atoms with Crippen molar-refractivity contribution >= 4 is 11.8 Å². The fourth-order valence-electron chi connectivity index (χ4n) is 4.20. The van der Waals surface area contributed by atoms with E-state index >= 15 is 0 Å². The first kappa shape index (κ1) is 24.3. The second kappa shape index (κ2) is 12.6. The number of nitrogens with one attached hydrogen (secondary N) is 1. The Labute approximate surface area is 206 Å². The summed E-state index contributed by atoms with van der Waals surface area (Å²) in [5.74, 6) is 1.37. The number of ether oxygens (including phenoxy) is 2. The van der Waals surface area contributed by atoms with E-state index in [4.69, 9.17) is 9.47 Å². The van der Waals surface area contributed by atoms with E-state index in [1.807, 2.05) is 83.8 Å². The Hall–Kier alpha value is -3.80. The summed E-state index contributed by atoms with van der Waals surface area (Å²) in [6.07, 6.45) is 2.70. The number of carbonyl (C=O) groups excluding carboxylic acids is 2. The van der Waals surface area contributed by atoms with Crippen LogP contribution >= 0.6 is 0 Å². The lowest BCUT2D eigenvalue weighted by molar-refractivity contribution is -0.122. The molecule has 0 atom stereocenters. The molecule has 0 radical (unpaired) electrons. The van der Waals surface area contributed by atoms with Crippen molar-refractivity contribution in [3.05, 3.63) is 96.1 Å². The number of amides is 2. The Balaban J connectivity index is 1.22. The topological polar surface area (TPSA) is 67.9 Å². The van der Waals surface area contributed by atoms with Gasteiger partial charge in [0.1, 0.15) is 24.7 Å². The number of hydrogen-bond acceptors (Lipinski definition) is 4. The van der Waals surface area contributed by atoms with E-state index in [2.05, 4.69) is 5.32 Å². The molecule has 6 heteroatoms. The van der Waals surface area contributed by atoms with Crippen LogP contribution in [-0.2, 0) is 11.2 Å². The quantitative estimate of drug-likeness (QED) is 0.441. The molecule has 0 spiro atoms. The fraction of sp³-hybridized carbons (Fsp3) is 0.310. The maximum atomic E-state index is 13.2. The van der Waals surface area contributed by atoms with Gasteiger partial charge in [0, 0.05) is 25.6 Å². The van der Waals surface area contributed by atoms with Crippen LogP contribution in [0, 0.1) is 0 Å². The van der Waals surface area contributed by atoms with Crippen LogP contribution in [0.15, 0.2) is 84.9 Å². The molecule has 0 unspecified atom stereocenters. The predicted octanol–water partition coefficient (Wildman–Crippen LogP) is 4.50. The monoisotopic (exact) mass is 472 g/mol. The molecule has 2 amide bonds. The SMILES string of the molecule is O=C(CCc1ccccc1)NC1CCN(C(=O)c2ccccc2OCCOc2ccccc2)CC1. The highest BCUT2D eigenvalue weighted by Gasteiger charge is 2.26. The minimum atomic E-state index is -0.0431. The van der Waals surface area contributed by atoms with Crippen molar-refractivity contribution in [1.29, 1.82) is 0 Å². The van der Waals surface area contributed by atoms with E-state index in [1.54, 1.807) is 6.07 Å². The number of benzene rings is 3. The molecular formula is C29H32N2O4. The van der Waals surface area contributed by atoms with Crippen LogP contribution in [0.25, 0.3) is 0 Å². The van der Waals surface area contributed by atoms with Crippen molar-refractivity contribution < 1.29 is 19.1 Å². The van der Waals surface area contributed by atoms with Crippen molar-refractivity contribution in [2.24, 2.45) is 0 Å². The third-order valence-electron chi connectivity index (χ3n) is 6.10. The summed E-state index contributed by atoms with van der Waals surface area (Å²) in [6, 6.07) is 27.0. The van der Waals surface area contributed by atoms with Crippen LogP contribution in [-0.4, -0.2) is 49.1 Å². The highest BCUT2D eigenvalue weighted by atomic mass is 16.5. The third-order valence-corrected chi connectivity index (χ3v) is 6.10. The summed E-state index contributed by atoms with van der Waals surface area (Å²) in [6.45, 7) is 1.94. The van der Waals surface area contributed by atoms with Gasteiger partial charge in [-0.1, -0.05) is 60.7 Å². The standard InChI is InChI=1S/C29H32N2O4/c32-28(16-15-23-9-3-1-4-10-23)30-24-17-19-31(20-18-24)29(33)26-13-7-8-14-27(26)35-22-21-34-25-11-5-2-6-12-25/h1-14,24H,15-22H2,(H,30,32). The first-order valence-electron chi connectivity index (χ1n) is 12.2. The number of nitrogens with zero attached hydrogens (tertiary/aromatic N) is 1. The first-order valence-corrected chi connectivity index (χ1v) is 12.2. The summed E-state index contributed by atoms with van der Waals surface area (Å²) in [4.78, 5) is 27.4. The average Bonchev–Trinajstić information content (AvgIpc) is 2.91. The maximum Gasteiger partial charge on any atom is 0.257 e. The number of hydrogen-bond donors (Lipinski definition) is 1. The molecule has 0 saturated carbocycles. The highest BCUT2D eigenvalue weighted by molar-refractivity contribution is 5.97. The van der Waals surface area contributed by atoms with Gasteiger partial charge in [-0.05, 0) is 49.1 Å². The molecule has 1 N–H and O–H groups in total. The molecule has 1 saturated heterocycles. The lowest BCUT2D eigenvalue weighted by Gasteiger charge is -2.32. The van der Waals surface area contributed by atoms with Gasteiger partial charge >= 0.3 is 0 Å². The van der Waals surface area contributed by atoms with E-state index in [9.17, 15) is 9.59 Å². The van der Waals surface area contributed by atoms with Crippen LogP contribution in [0.3, 0.4) is 0 Å². The Morgan fingerprint density at radius 3 is 2.17 bits per heavy atom. The Kier molecular flexibility index (Phi) is 8.76. The molecule has 1 aliphatic heterocycles. The number of aryl methyl sites for hydroxylation is 1. The molecule has 1 heterocycles. The molecule has 3 aromatic rings. The molecule has 182 valence electrons. The van der Waals surface area contributed by atoms with E-state index < -0.39 is 0 Å². The number of piperidine rings is 1. The van der Waals surface area contributed by atoms with Gasteiger partial charge in [0.05, 0.1) is 5.56 Å². The van der Waals surface area contributed by atoms with E-state index in [-0.39, 0.29) is 17.9 Å². The number of para-hydroxylation sites is 2. The lowest BCUT2D eigenvalue weighted by Crippen LogP contribution is -2.46. The third kappa shape index (κ3) is 7.34. The minimum absolute atomic E-state index is 0.0431. The second-order valence-electron chi connectivity index (χ2n) is 8.63. The van der Waals surface area contributed by atoms with Crippen LogP contribution in [0.5, 0.6) is 11.5 Å². The smallest absolute Gasteiger partial charge is 0.257 e.